The first-order chi connectivity index (χ1) is 14.1. The van der Waals surface area contributed by atoms with Crippen LogP contribution in [0.5, 0.6) is 5.75 Å². The van der Waals surface area contributed by atoms with E-state index >= 15 is 0 Å². The number of ether oxygens (including phenoxy) is 1. The molecule has 0 spiro atoms. The van der Waals surface area contributed by atoms with Crippen LogP contribution in [0.4, 0.5) is 5.69 Å². The maximum atomic E-state index is 10.6. The van der Waals surface area contributed by atoms with Crippen LogP contribution in [0.1, 0.15) is 23.5 Å². The molecular formula is C21H21ClN4O2S. The highest BCUT2D eigenvalue weighted by Crippen LogP contribution is 2.44. The van der Waals surface area contributed by atoms with Crippen LogP contribution in [-0.2, 0) is 11.3 Å². The van der Waals surface area contributed by atoms with E-state index in [0.29, 0.717) is 29.0 Å². The molecule has 150 valence electrons. The lowest BCUT2D eigenvalue weighted by atomic mass is 10.0. The zero-order valence-corrected chi connectivity index (χ0v) is 17.4. The largest absolute Gasteiger partial charge is 0.506 e. The van der Waals surface area contributed by atoms with Crippen LogP contribution in [0.15, 0.2) is 60.9 Å². The first-order valence-corrected chi connectivity index (χ1v) is 10.0. The predicted octanol–water partition coefficient (Wildman–Crippen LogP) is 4.07. The number of anilines is 1. The quantitative estimate of drug-likeness (QED) is 0.577. The summed E-state index contributed by atoms with van der Waals surface area (Å²) in [7, 11) is 1.68. The Morgan fingerprint density at radius 3 is 2.86 bits per heavy atom. The van der Waals surface area contributed by atoms with E-state index in [9.17, 15) is 5.11 Å². The topological polar surface area (TPSA) is 62.5 Å². The number of aromatic nitrogens is 2. The van der Waals surface area contributed by atoms with Crippen LogP contribution >= 0.6 is 23.8 Å². The van der Waals surface area contributed by atoms with E-state index in [0.717, 1.165) is 11.4 Å². The number of hydrogen-bond acceptors (Lipinski definition) is 4. The number of hydrogen-bond donors (Lipinski definition) is 2. The van der Waals surface area contributed by atoms with Gasteiger partial charge in [0.2, 0.25) is 0 Å². The summed E-state index contributed by atoms with van der Waals surface area (Å²) in [5.74, 6) is 0.111. The van der Waals surface area contributed by atoms with Crippen LogP contribution in [0.2, 0.25) is 5.02 Å². The van der Waals surface area contributed by atoms with Gasteiger partial charge in [0.15, 0.2) is 5.11 Å². The van der Waals surface area contributed by atoms with Crippen LogP contribution < -0.4 is 10.2 Å². The van der Waals surface area contributed by atoms with Gasteiger partial charge in [0, 0.05) is 36.8 Å². The van der Waals surface area contributed by atoms with Crippen molar-refractivity contribution in [3.8, 4) is 5.75 Å². The molecule has 0 amide bonds. The third-order valence-corrected chi connectivity index (χ3v) is 5.55. The molecule has 29 heavy (non-hydrogen) atoms. The average molecular weight is 429 g/mol. The Balaban J connectivity index is 1.84. The Labute approximate surface area is 179 Å². The fraction of sp³-hybridized carbons (Fsp3) is 0.238. The van der Waals surface area contributed by atoms with Crippen molar-refractivity contribution in [1.29, 1.82) is 0 Å². The van der Waals surface area contributed by atoms with Crippen LogP contribution in [0.25, 0.3) is 0 Å². The number of methoxy groups -OCH3 is 1. The van der Waals surface area contributed by atoms with Gasteiger partial charge in [-0.2, -0.15) is 0 Å². The second-order valence-corrected chi connectivity index (χ2v) is 7.57. The molecule has 0 aliphatic carbocycles. The lowest BCUT2D eigenvalue weighted by Gasteiger charge is -2.29. The lowest BCUT2D eigenvalue weighted by Crippen LogP contribution is -2.30. The molecule has 0 radical (unpaired) electrons. The predicted molar refractivity (Wildman–Crippen MR) is 117 cm³/mol. The first kappa shape index (κ1) is 19.7. The van der Waals surface area contributed by atoms with Crippen molar-refractivity contribution >= 4 is 34.6 Å². The molecule has 0 saturated carbocycles. The SMILES string of the molecule is COCCn1cccc1[C@@H]1[C@H](c2ccccn2)NC(=S)N1c1cc(Cl)ccc1O. The highest BCUT2D eigenvalue weighted by molar-refractivity contribution is 7.80. The summed E-state index contributed by atoms with van der Waals surface area (Å²) < 4.78 is 7.40. The van der Waals surface area contributed by atoms with Gasteiger partial charge in [-0.25, -0.2) is 0 Å². The third kappa shape index (κ3) is 3.81. The number of benzene rings is 1. The van der Waals surface area contributed by atoms with Crippen LogP contribution in [0, 0.1) is 0 Å². The Bertz CT molecular complexity index is 1010. The van der Waals surface area contributed by atoms with Crippen molar-refractivity contribution in [3.63, 3.8) is 0 Å². The molecule has 2 aromatic heterocycles. The molecular weight excluding hydrogens is 408 g/mol. The van der Waals surface area contributed by atoms with E-state index in [4.69, 9.17) is 28.6 Å². The van der Waals surface area contributed by atoms with Gasteiger partial charge in [-0.05, 0) is 54.7 Å². The molecule has 2 N–H and O–H groups in total. The standard InChI is InChI=1S/C21H21ClN4O2S/c1-28-12-11-25-10-4-6-16(25)20-19(15-5-2-3-9-23-15)24-21(29)26(20)17-13-14(22)7-8-18(17)27/h2-10,13,19-20,27H,11-12H2,1H3,(H,24,29)/t19-,20+/m0/s1. The Kier molecular flexibility index (Phi) is 5.71. The van der Waals surface area contributed by atoms with Crippen molar-refractivity contribution < 1.29 is 9.84 Å². The minimum Gasteiger partial charge on any atom is -0.506 e. The van der Waals surface area contributed by atoms with Crippen LogP contribution in [-0.4, -0.2) is 33.5 Å². The number of aromatic hydroxyl groups is 1. The van der Waals surface area contributed by atoms with Gasteiger partial charge in [0.25, 0.3) is 0 Å². The molecule has 1 aliphatic rings. The van der Waals surface area contributed by atoms with Crippen molar-refractivity contribution in [2.45, 2.75) is 18.6 Å². The molecule has 4 rings (SSSR count). The van der Waals surface area contributed by atoms with Crippen molar-refractivity contribution in [2.75, 3.05) is 18.6 Å². The molecule has 1 saturated heterocycles. The monoisotopic (exact) mass is 428 g/mol. The summed E-state index contributed by atoms with van der Waals surface area (Å²) in [6, 6.07) is 14.4. The van der Waals surface area contributed by atoms with E-state index in [1.807, 2.05) is 35.4 Å². The zero-order valence-electron chi connectivity index (χ0n) is 15.8. The molecule has 3 heterocycles. The molecule has 1 fully saturated rings. The molecule has 3 aromatic rings. The van der Waals surface area contributed by atoms with Crippen LogP contribution in [0.3, 0.4) is 0 Å². The summed E-state index contributed by atoms with van der Waals surface area (Å²) >= 11 is 11.9. The summed E-state index contributed by atoms with van der Waals surface area (Å²) in [6.45, 7) is 1.29. The molecule has 2 atom stereocenters. The number of rotatable bonds is 6. The maximum absolute atomic E-state index is 10.6. The minimum absolute atomic E-state index is 0.111. The number of halogens is 1. The van der Waals surface area contributed by atoms with Gasteiger partial charge >= 0.3 is 0 Å². The minimum atomic E-state index is -0.228. The van der Waals surface area contributed by atoms with Crippen molar-refractivity contribution in [1.82, 2.24) is 14.9 Å². The zero-order chi connectivity index (χ0) is 20.4. The van der Waals surface area contributed by atoms with Gasteiger partial charge in [-0.15, -0.1) is 0 Å². The number of thiocarbonyl (C=S) groups is 1. The molecule has 0 bridgehead atoms. The Morgan fingerprint density at radius 1 is 1.24 bits per heavy atom. The molecule has 1 aliphatic heterocycles. The Hall–Kier alpha value is -2.61. The van der Waals surface area contributed by atoms with Gasteiger partial charge in [-0.1, -0.05) is 17.7 Å². The van der Waals surface area contributed by atoms with Gasteiger partial charge in [0.05, 0.1) is 24.0 Å². The fourth-order valence-corrected chi connectivity index (χ4v) is 4.20. The van der Waals surface area contributed by atoms with E-state index in [1.54, 1.807) is 31.5 Å². The molecule has 1 aromatic carbocycles. The second-order valence-electron chi connectivity index (χ2n) is 6.75. The van der Waals surface area contributed by atoms with Crippen molar-refractivity contribution in [3.05, 3.63) is 77.3 Å². The normalized spacial score (nSPS) is 18.8. The van der Waals surface area contributed by atoms with Gasteiger partial charge < -0.3 is 24.6 Å². The Morgan fingerprint density at radius 2 is 2.10 bits per heavy atom. The summed E-state index contributed by atoms with van der Waals surface area (Å²) in [5.41, 5.74) is 2.45. The number of nitrogens with one attached hydrogen (secondary N) is 1. The molecule has 8 heteroatoms. The molecule has 0 unspecified atom stereocenters. The number of nitrogens with zero attached hydrogens (tertiary/aromatic N) is 3. The number of phenols is 1. The first-order valence-electron chi connectivity index (χ1n) is 9.23. The average Bonchev–Trinajstić information content (AvgIpc) is 3.32. The van der Waals surface area contributed by atoms with E-state index in [1.165, 1.54) is 0 Å². The molecule has 6 nitrogen and oxygen atoms in total. The highest BCUT2D eigenvalue weighted by Gasteiger charge is 2.42. The van der Waals surface area contributed by atoms with E-state index in [2.05, 4.69) is 20.9 Å². The van der Waals surface area contributed by atoms with E-state index < -0.39 is 0 Å². The third-order valence-electron chi connectivity index (χ3n) is 5.00. The number of phenolic OH excluding ortho intramolecular Hbond substituents is 1. The summed E-state index contributed by atoms with van der Waals surface area (Å²) in [6.07, 6.45) is 3.78. The maximum Gasteiger partial charge on any atom is 0.174 e. The van der Waals surface area contributed by atoms with E-state index in [-0.39, 0.29) is 17.8 Å². The lowest BCUT2D eigenvalue weighted by molar-refractivity contribution is 0.186. The summed E-state index contributed by atoms with van der Waals surface area (Å²) in [5, 5.41) is 15.0. The second kappa shape index (κ2) is 8.41. The highest BCUT2D eigenvalue weighted by atomic mass is 35.5. The van der Waals surface area contributed by atoms with Crippen molar-refractivity contribution in [2.24, 2.45) is 0 Å². The summed E-state index contributed by atoms with van der Waals surface area (Å²) in [4.78, 5) is 6.46. The number of pyridine rings is 1. The fourth-order valence-electron chi connectivity index (χ4n) is 3.69. The van der Waals surface area contributed by atoms with Gasteiger partial charge in [-0.3, -0.25) is 4.98 Å². The van der Waals surface area contributed by atoms with Gasteiger partial charge in [0.1, 0.15) is 11.8 Å². The smallest absolute Gasteiger partial charge is 0.174 e.